The number of anilines is 1. The molecule has 0 bridgehead atoms. The number of nitrogens with one attached hydrogen (secondary N) is 1. The van der Waals surface area contributed by atoms with Gasteiger partial charge in [-0.05, 0) is 31.0 Å². The third-order valence-corrected chi connectivity index (χ3v) is 6.37. The molecule has 3 aromatic rings. The summed E-state index contributed by atoms with van der Waals surface area (Å²) < 4.78 is 11.4. The maximum absolute atomic E-state index is 12.0. The van der Waals surface area contributed by atoms with Crippen molar-refractivity contribution in [1.82, 2.24) is 19.9 Å². The van der Waals surface area contributed by atoms with Gasteiger partial charge in [-0.2, -0.15) is 4.98 Å². The van der Waals surface area contributed by atoms with Crippen LogP contribution in [0.3, 0.4) is 0 Å². The lowest BCUT2D eigenvalue weighted by molar-refractivity contribution is -0.139. The van der Waals surface area contributed by atoms with Crippen molar-refractivity contribution in [1.29, 1.82) is 0 Å². The van der Waals surface area contributed by atoms with E-state index in [-0.39, 0.29) is 17.9 Å². The number of carbonyl (C=O) groups excluding carboxylic acids is 1. The van der Waals surface area contributed by atoms with Gasteiger partial charge in [-0.25, -0.2) is 4.98 Å². The van der Waals surface area contributed by atoms with E-state index < -0.39 is 0 Å². The van der Waals surface area contributed by atoms with E-state index in [2.05, 4.69) is 32.0 Å². The zero-order chi connectivity index (χ0) is 22.2. The molecule has 1 aromatic carbocycles. The van der Waals surface area contributed by atoms with Crippen LogP contribution in [0.15, 0.2) is 30.3 Å². The van der Waals surface area contributed by atoms with Gasteiger partial charge in [-0.1, -0.05) is 23.7 Å². The number of amides is 1. The number of H-pyrrole nitrogens is 1. The maximum Gasteiger partial charge on any atom is 0.296 e. The van der Waals surface area contributed by atoms with Gasteiger partial charge in [0, 0.05) is 44.4 Å². The summed E-state index contributed by atoms with van der Waals surface area (Å²) in [6, 6.07) is 10.5. The van der Waals surface area contributed by atoms with E-state index in [9.17, 15) is 4.79 Å². The third kappa shape index (κ3) is 4.12. The molecular weight excluding hydrogens is 430 g/mol. The van der Waals surface area contributed by atoms with Crippen molar-refractivity contribution in [3.05, 3.63) is 35.4 Å². The minimum Gasteiger partial charge on any atom is -0.461 e. The zero-order valence-corrected chi connectivity index (χ0v) is 18.9. The number of morpholine rings is 1. The molecule has 2 aromatic heterocycles. The molecule has 2 aliphatic rings. The van der Waals surface area contributed by atoms with Crippen molar-refractivity contribution < 1.29 is 14.3 Å². The summed E-state index contributed by atoms with van der Waals surface area (Å²) in [7, 11) is 3.55. The first kappa shape index (κ1) is 21.0. The van der Waals surface area contributed by atoms with E-state index in [1.807, 2.05) is 18.2 Å². The first-order valence-electron chi connectivity index (χ1n) is 10.8. The number of fused-ring (bicyclic) bond motifs is 1. The molecule has 5 rings (SSSR count). The Morgan fingerprint density at radius 1 is 1.19 bits per heavy atom. The van der Waals surface area contributed by atoms with Gasteiger partial charge in [0.2, 0.25) is 5.91 Å². The molecule has 1 amide bonds. The molecule has 1 saturated carbocycles. The monoisotopic (exact) mass is 455 g/mol. The molecule has 0 unspecified atom stereocenters. The molecule has 3 heterocycles. The van der Waals surface area contributed by atoms with E-state index in [0.29, 0.717) is 35.2 Å². The number of hydrogen-bond acceptors (Lipinski definition) is 6. The molecule has 1 saturated heterocycles. The molecule has 9 heteroatoms. The van der Waals surface area contributed by atoms with E-state index in [1.165, 1.54) is 0 Å². The summed E-state index contributed by atoms with van der Waals surface area (Å²) in [6.07, 6.45) is 1.37. The SMILES string of the molecule is CN(C)C(=O)[C@H]1C[C@H](Oc2nc3nc(-c4ccc(N5CCOCC5)cc4)c(Cl)cc3[nH]2)C1. The van der Waals surface area contributed by atoms with Crippen molar-refractivity contribution in [2.24, 2.45) is 5.92 Å². The number of halogens is 1. The topological polar surface area (TPSA) is 83.6 Å². The largest absolute Gasteiger partial charge is 0.461 e. The van der Waals surface area contributed by atoms with Gasteiger partial charge < -0.3 is 24.3 Å². The van der Waals surface area contributed by atoms with Crippen LogP contribution in [-0.4, -0.2) is 72.3 Å². The van der Waals surface area contributed by atoms with Crippen molar-refractivity contribution in [2.45, 2.75) is 18.9 Å². The number of pyridine rings is 1. The standard InChI is InChI=1S/C23H26ClN5O3/c1-28(2)22(30)15-11-17(12-15)32-23-25-19-13-18(24)20(26-21(19)27-23)14-3-5-16(6-4-14)29-7-9-31-10-8-29/h3-6,13,15,17H,7-12H2,1-2H3,(H,25,26,27)/t15-,17-. The maximum atomic E-state index is 12.0. The van der Waals surface area contributed by atoms with Crippen molar-refractivity contribution in [3.63, 3.8) is 0 Å². The van der Waals surface area contributed by atoms with Crippen LogP contribution in [0.2, 0.25) is 5.02 Å². The Bertz CT molecular complexity index is 1120. The second kappa shape index (κ2) is 8.60. The number of carbonyl (C=O) groups is 1. The fraction of sp³-hybridized carbons (Fsp3) is 0.435. The Balaban J connectivity index is 1.30. The Kier molecular flexibility index (Phi) is 5.65. The number of aromatic amines is 1. The summed E-state index contributed by atoms with van der Waals surface area (Å²) in [5.74, 6) is 0.172. The highest BCUT2D eigenvalue weighted by atomic mass is 35.5. The molecule has 2 fully saturated rings. The summed E-state index contributed by atoms with van der Waals surface area (Å²) in [6.45, 7) is 3.29. The summed E-state index contributed by atoms with van der Waals surface area (Å²) in [5, 5.41) is 0.548. The first-order valence-corrected chi connectivity index (χ1v) is 11.2. The summed E-state index contributed by atoms with van der Waals surface area (Å²) in [4.78, 5) is 28.2. The number of nitrogens with zero attached hydrogens (tertiary/aromatic N) is 4. The molecule has 0 radical (unpaired) electrons. The van der Waals surface area contributed by atoms with Gasteiger partial charge in [0.05, 0.1) is 29.4 Å². The average molecular weight is 456 g/mol. The van der Waals surface area contributed by atoms with Crippen molar-refractivity contribution in [2.75, 3.05) is 45.3 Å². The van der Waals surface area contributed by atoms with Crippen LogP contribution < -0.4 is 9.64 Å². The van der Waals surface area contributed by atoms with E-state index in [4.69, 9.17) is 21.1 Å². The number of imidazole rings is 1. The summed E-state index contributed by atoms with van der Waals surface area (Å²) in [5.41, 5.74) is 4.06. The molecule has 0 spiro atoms. The molecular formula is C23H26ClN5O3. The van der Waals surface area contributed by atoms with Crippen LogP contribution in [0.5, 0.6) is 6.01 Å². The lowest BCUT2D eigenvalue weighted by Gasteiger charge is -2.34. The molecule has 1 N–H and O–H groups in total. The fourth-order valence-corrected chi connectivity index (χ4v) is 4.45. The van der Waals surface area contributed by atoms with Crippen LogP contribution in [0.25, 0.3) is 22.4 Å². The van der Waals surface area contributed by atoms with Crippen molar-refractivity contribution >= 4 is 34.4 Å². The van der Waals surface area contributed by atoms with E-state index >= 15 is 0 Å². The second-order valence-electron chi connectivity index (χ2n) is 8.52. The Morgan fingerprint density at radius 2 is 1.91 bits per heavy atom. The molecule has 0 atom stereocenters. The van der Waals surface area contributed by atoms with Gasteiger partial charge in [0.25, 0.3) is 6.01 Å². The van der Waals surface area contributed by atoms with Gasteiger partial charge >= 0.3 is 0 Å². The lowest BCUT2D eigenvalue weighted by Crippen LogP contribution is -2.43. The number of ether oxygens (including phenoxy) is 2. The van der Waals surface area contributed by atoms with Crippen LogP contribution in [0.4, 0.5) is 5.69 Å². The number of benzene rings is 1. The van der Waals surface area contributed by atoms with Crippen LogP contribution in [0.1, 0.15) is 12.8 Å². The first-order chi connectivity index (χ1) is 15.5. The highest BCUT2D eigenvalue weighted by Gasteiger charge is 2.37. The van der Waals surface area contributed by atoms with Crippen molar-refractivity contribution in [3.8, 4) is 17.3 Å². The molecule has 8 nitrogen and oxygen atoms in total. The smallest absolute Gasteiger partial charge is 0.296 e. The minimum atomic E-state index is -0.0212. The predicted octanol–water partition coefficient (Wildman–Crippen LogP) is 3.36. The Labute approximate surface area is 191 Å². The highest BCUT2D eigenvalue weighted by molar-refractivity contribution is 6.33. The Hall–Kier alpha value is -2.84. The van der Waals surface area contributed by atoms with Gasteiger partial charge in [0.1, 0.15) is 6.10 Å². The Morgan fingerprint density at radius 3 is 2.59 bits per heavy atom. The minimum absolute atomic E-state index is 0.0212. The highest BCUT2D eigenvalue weighted by Crippen LogP contribution is 2.34. The number of rotatable bonds is 5. The second-order valence-corrected chi connectivity index (χ2v) is 8.93. The van der Waals surface area contributed by atoms with Crippen LogP contribution >= 0.6 is 11.6 Å². The van der Waals surface area contributed by atoms with Gasteiger partial charge in [-0.3, -0.25) is 4.79 Å². The van der Waals surface area contributed by atoms with E-state index in [1.54, 1.807) is 19.0 Å². The molecule has 1 aliphatic heterocycles. The normalized spacial score (nSPS) is 20.8. The third-order valence-electron chi connectivity index (χ3n) is 6.09. The predicted molar refractivity (Wildman–Crippen MR) is 123 cm³/mol. The van der Waals surface area contributed by atoms with Gasteiger partial charge in [-0.15, -0.1) is 0 Å². The van der Waals surface area contributed by atoms with E-state index in [0.717, 1.165) is 43.1 Å². The molecule has 32 heavy (non-hydrogen) atoms. The number of hydrogen-bond donors (Lipinski definition) is 1. The lowest BCUT2D eigenvalue weighted by atomic mass is 9.81. The summed E-state index contributed by atoms with van der Waals surface area (Å²) >= 11 is 6.54. The van der Waals surface area contributed by atoms with Gasteiger partial charge in [0.15, 0.2) is 5.65 Å². The van der Waals surface area contributed by atoms with Crippen LogP contribution in [0, 0.1) is 5.92 Å². The molecule has 168 valence electrons. The molecule has 1 aliphatic carbocycles. The van der Waals surface area contributed by atoms with Crippen LogP contribution in [-0.2, 0) is 9.53 Å². The zero-order valence-electron chi connectivity index (χ0n) is 18.2. The average Bonchev–Trinajstić information content (AvgIpc) is 3.17. The quantitative estimate of drug-likeness (QED) is 0.635. The fourth-order valence-electron chi connectivity index (χ4n) is 4.19. The number of aromatic nitrogens is 3.